The lowest BCUT2D eigenvalue weighted by Crippen LogP contribution is -2.21. The predicted octanol–water partition coefficient (Wildman–Crippen LogP) is 4.31. The zero-order chi connectivity index (χ0) is 12.4. The van der Waals surface area contributed by atoms with Gasteiger partial charge in [-0.3, -0.25) is 4.79 Å². The summed E-state index contributed by atoms with van der Waals surface area (Å²) in [6, 6.07) is 6.10. The molecule has 1 heteroatoms. The Hall–Kier alpha value is -1.11. The van der Waals surface area contributed by atoms with Gasteiger partial charge >= 0.3 is 0 Å². The molecule has 0 radical (unpaired) electrons. The fourth-order valence-electron chi connectivity index (χ4n) is 2.65. The maximum atomic E-state index is 12.4. The number of hydrogen-bond donors (Lipinski definition) is 0. The molecule has 0 heterocycles. The Morgan fingerprint density at radius 2 is 1.71 bits per heavy atom. The molecule has 0 unspecified atom stereocenters. The van der Waals surface area contributed by atoms with E-state index in [0.29, 0.717) is 5.78 Å². The van der Waals surface area contributed by atoms with Crippen LogP contribution in [0.25, 0.3) is 0 Å². The minimum absolute atomic E-state index is 0.272. The molecule has 2 rings (SSSR count). The van der Waals surface area contributed by atoms with Crippen LogP contribution in [0, 0.1) is 25.7 Å². The molecule has 1 fully saturated rings. The number of ketones is 1. The number of carbonyl (C=O) groups is 1. The minimum Gasteiger partial charge on any atom is -0.294 e. The van der Waals surface area contributed by atoms with E-state index in [1.807, 2.05) is 6.07 Å². The van der Waals surface area contributed by atoms with E-state index in [-0.39, 0.29) is 5.92 Å². The van der Waals surface area contributed by atoms with Crippen LogP contribution in [-0.2, 0) is 0 Å². The largest absolute Gasteiger partial charge is 0.294 e. The number of carbonyl (C=O) groups excluding carboxylic acids is 1. The normalized spacial score (nSPS) is 24.6. The van der Waals surface area contributed by atoms with Crippen LogP contribution in [0.3, 0.4) is 0 Å². The summed E-state index contributed by atoms with van der Waals surface area (Å²) in [7, 11) is 0. The highest BCUT2D eigenvalue weighted by Crippen LogP contribution is 2.30. The van der Waals surface area contributed by atoms with Crippen LogP contribution in [0.5, 0.6) is 0 Å². The van der Waals surface area contributed by atoms with E-state index >= 15 is 0 Å². The molecule has 0 bridgehead atoms. The van der Waals surface area contributed by atoms with Crippen LogP contribution >= 0.6 is 0 Å². The molecule has 1 aromatic carbocycles. The lowest BCUT2D eigenvalue weighted by atomic mass is 9.79. The lowest BCUT2D eigenvalue weighted by Gasteiger charge is -2.25. The van der Waals surface area contributed by atoms with E-state index in [9.17, 15) is 4.79 Å². The van der Waals surface area contributed by atoms with Gasteiger partial charge < -0.3 is 0 Å². The third-order valence-electron chi connectivity index (χ3n) is 4.18. The van der Waals surface area contributed by atoms with Crippen molar-refractivity contribution >= 4 is 5.78 Å². The van der Waals surface area contributed by atoms with Gasteiger partial charge in [-0.25, -0.2) is 0 Å². The maximum Gasteiger partial charge on any atom is 0.165 e. The molecule has 0 spiro atoms. The van der Waals surface area contributed by atoms with Crippen molar-refractivity contribution in [2.75, 3.05) is 0 Å². The average molecular weight is 230 g/mol. The fourth-order valence-corrected chi connectivity index (χ4v) is 2.65. The second-order valence-electron chi connectivity index (χ2n) is 5.62. The molecule has 1 aliphatic rings. The first-order chi connectivity index (χ1) is 8.08. The Bertz CT molecular complexity index is 412. The summed E-state index contributed by atoms with van der Waals surface area (Å²) < 4.78 is 0. The van der Waals surface area contributed by atoms with Gasteiger partial charge in [-0.2, -0.15) is 0 Å². The van der Waals surface area contributed by atoms with Crippen molar-refractivity contribution in [2.45, 2.75) is 46.5 Å². The summed E-state index contributed by atoms with van der Waals surface area (Å²) in [4.78, 5) is 12.4. The first-order valence-corrected chi connectivity index (χ1v) is 6.69. The molecule has 0 atom stereocenters. The van der Waals surface area contributed by atoms with Crippen LogP contribution in [0.4, 0.5) is 0 Å². The van der Waals surface area contributed by atoms with E-state index in [1.165, 1.54) is 24.0 Å². The van der Waals surface area contributed by atoms with Gasteiger partial charge in [0, 0.05) is 11.5 Å². The molecule has 1 aliphatic carbocycles. The first-order valence-electron chi connectivity index (χ1n) is 6.69. The smallest absolute Gasteiger partial charge is 0.165 e. The molecule has 1 aromatic rings. The van der Waals surface area contributed by atoms with Crippen molar-refractivity contribution in [1.82, 2.24) is 0 Å². The fraction of sp³-hybridized carbons (Fsp3) is 0.562. The monoisotopic (exact) mass is 230 g/mol. The van der Waals surface area contributed by atoms with Crippen LogP contribution < -0.4 is 0 Å². The van der Waals surface area contributed by atoms with Gasteiger partial charge in [0.15, 0.2) is 5.78 Å². The SMILES string of the molecule is Cc1ccc(C(=O)C2CCC(C)CC2)cc1C. The molecule has 0 aromatic heterocycles. The molecule has 92 valence electrons. The Morgan fingerprint density at radius 3 is 2.29 bits per heavy atom. The van der Waals surface area contributed by atoms with Crippen molar-refractivity contribution in [3.63, 3.8) is 0 Å². The quantitative estimate of drug-likeness (QED) is 0.692. The molecule has 0 N–H and O–H groups in total. The second kappa shape index (κ2) is 5.03. The summed E-state index contributed by atoms with van der Waals surface area (Å²) in [5.74, 6) is 1.44. The average Bonchev–Trinajstić information content (AvgIpc) is 2.33. The number of benzene rings is 1. The molecule has 17 heavy (non-hydrogen) atoms. The Morgan fingerprint density at radius 1 is 1.06 bits per heavy atom. The Labute approximate surface area is 104 Å². The molecular formula is C16H22O. The van der Waals surface area contributed by atoms with Crippen LogP contribution in [0.2, 0.25) is 0 Å². The van der Waals surface area contributed by atoms with Crippen molar-refractivity contribution in [1.29, 1.82) is 0 Å². The highest BCUT2D eigenvalue weighted by molar-refractivity contribution is 5.98. The standard InChI is InChI=1S/C16H22O/c1-11-4-7-14(8-5-11)16(17)15-9-6-12(2)13(3)10-15/h6,9-11,14H,4-5,7-8H2,1-3H3. The van der Waals surface area contributed by atoms with Gasteiger partial charge in [-0.1, -0.05) is 31.9 Å². The van der Waals surface area contributed by atoms with Crippen LogP contribution in [-0.4, -0.2) is 5.78 Å². The topological polar surface area (TPSA) is 17.1 Å². The number of Topliss-reactive ketones (excluding diaryl/α,β-unsaturated/α-hetero) is 1. The van der Waals surface area contributed by atoms with Gasteiger partial charge in [0.1, 0.15) is 0 Å². The van der Waals surface area contributed by atoms with Crippen molar-refractivity contribution < 1.29 is 4.79 Å². The molecule has 0 aliphatic heterocycles. The lowest BCUT2D eigenvalue weighted by molar-refractivity contribution is 0.0875. The van der Waals surface area contributed by atoms with Gasteiger partial charge in [-0.05, 0) is 49.8 Å². The predicted molar refractivity (Wildman–Crippen MR) is 71.4 cm³/mol. The van der Waals surface area contributed by atoms with Gasteiger partial charge in [0.05, 0.1) is 0 Å². The summed E-state index contributed by atoms with van der Waals surface area (Å²) in [5, 5.41) is 0. The maximum absolute atomic E-state index is 12.4. The highest BCUT2D eigenvalue weighted by atomic mass is 16.1. The molecule has 0 amide bonds. The zero-order valence-electron chi connectivity index (χ0n) is 11.1. The van der Waals surface area contributed by atoms with E-state index in [4.69, 9.17) is 0 Å². The second-order valence-corrected chi connectivity index (χ2v) is 5.62. The van der Waals surface area contributed by atoms with E-state index in [0.717, 1.165) is 24.3 Å². The Kier molecular flexibility index (Phi) is 3.66. The summed E-state index contributed by atoms with van der Waals surface area (Å²) in [5.41, 5.74) is 3.39. The van der Waals surface area contributed by atoms with Crippen molar-refractivity contribution in [2.24, 2.45) is 11.8 Å². The third-order valence-corrected chi connectivity index (χ3v) is 4.18. The number of hydrogen-bond acceptors (Lipinski definition) is 1. The Balaban J connectivity index is 2.11. The molecule has 0 saturated heterocycles. The molecule has 1 saturated carbocycles. The van der Waals surface area contributed by atoms with Gasteiger partial charge in [0.2, 0.25) is 0 Å². The first kappa shape index (κ1) is 12.3. The summed E-state index contributed by atoms with van der Waals surface area (Å²) >= 11 is 0. The van der Waals surface area contributed by atoms with Crippen molar-refractivity contribution in [3.8, 4) is 0 Å². The number of rotatable bonds is 2. The molecular weight excluding hydrogens is 208 g/mol. The van der Waals surface area contributed by atoms with Gasteiger partial charge in [0.25, 0.3) is 0 Å². The zero-order valence-corrected chi connectivity index (χ0v) is 11.1. The van der Waals surface area contributed by atoms with E-state index in [1.54, 1.807) is 0 Å². The molecule has 1 nitrogen and oxygen atoms in total. The van der Waals surface area contributed by atoms with E-state index < -0.39 is 0 Å². The summed E-state index contributed by atoms with van der Waals surface area (Å²) in [6.45, 7) is 6.46. The van der Waals surface area contributed by atoms with Crippen LogP contribution in [0.1, 0.15) is 54.1 Å². The van der Waals surface area contributed by atoms with Gasteiger partial charge in [-0.15, -0.1) is 0 Å². The minimum atomic E-state index is 0.272. The number of aryl methyl sites for hydroxylation is 2. The summed E-state index contributed by atoms with van der Waals surface area (Å²) in [6.07, 6.45) is 4.57. The van der Waals surface area contributed by atoms with E-state index in [2.05, 4.69) is 32.9 Å². The highest BCUT2D eigenvalue weighted by Gasteiger charge is 2.25. The van der Waals surface area contributed by atoms with Crippen molar-refractivity contribution in [3.05, 3.63) is 34.9 Å². The van der Waals surface area contributed by atoms with Crippen LogP contribution in [0.15, 0.2) is 18.2 Å². The third kappa shape index (κ3) is 2.77.